The maximum atomic E-state index is 13.8. The maximum Gasteiger partial charge on any atom is 0.264 e. The smallest absolute Gasteiger partial charge is 0.264 e. The van der Waals surface area contributed by atoms with Crippen LogP contribution in [-0.2, 0) is 14.8 Å². The average Bonchev–Trinajstić information content (AvgIpc) is 2.81. The van der Waals surface area contributed by atoms with E-state index >= 15 is 0 Å². The summed E-state index contributed by atoms with van der Waals surface area (Å²) in [5.74, 6) is 0.234. The van der Waals surface area contributed by atoms with Crippen LogP contribution >= 0.6 is 11.8 Å². The summed E-state index contributed by atoms with van der Waals surface area (Å²) in [6, 6.07) is 17.2. The van der Waals surface area contributed by atoms with Crippen molar-refractivity contribution >= 4 is 39.1 Å². The molecule has 0 aliphatic rings. The quantitative estimate of drug-likeness (QED) is 0.422. The molecule has 0 saturated carbocycles. The van der Waals surface area contributed by atoms with Gasteiger partial charge < -0.3 is 14.8 Å². The van der Waals surface area contributed by atoms with Gasteiger partial charge in [-0.2, -0.15) is 0 Å². The van der Waals surface area contributed by atoms with Crippen molar-refractivity contribution in [1.29, 1.82) is 0 Å². The second-order valence-electron chi connectivity index (χ2n) is 7.62. The van der Waals surface area contributed by atoms with Gasteiger partial charge in [0.25, 0.3) is 10.0 Å². The molecule has 1 amide bonds. The van der Waals surface area contributed by atoms with Crippen molar-refractivity contribution in [2.24, 2.45) is 0 Å². The van der Waals surface area contributed by atoms with E-state index in [0.717, 1.165) is 20.3 Å². The molecule has 0 aliphatic carbocycles. The topological polar surface area (TPSA) is 84.9 Å². The highest BCUT2D eigenvalue weighted by atomic mass is 32.2. The van der Waals surface area contributed by atoms with Gasteiger partial charge in [0.15, 0.2) is 11.5 Å². The molecule has 0 unspecified atom stereocenters. The van der Waals surface area contributed by atoms with Crippen molar-refractivity contribution in [1.82, 2.24) is 0 Å². The number of hydrogen-bond donors (Lipinski definition) is 1. The van der Waals surface area contributed by atoms with Crippen LogP contribution in [0.3, 0.4) is 0 Å². The van der Waals surface area contributed by atoms with E-state index in [1.165, 1.54) is 44.2 Å². The number of aryl methyl sites for hydroxylation is 2. The van der Waals surface area contributed by atoms with Crippen molar-refractivity contribution < 1.29 is 22.7 Å². The lowest BCUT2D eigenvalue weighted by Crippen LogP contribution is -2.38. The minimum absolute atomic E-state index is 0.0124. The zero-order chi connectivity index (χ0) is 24.9. The Labute approximate surface area is 205 Å². The molecule has 3 rings (SSSR count). The van der Waals surface area contributed by atoms with Crippen molar-refractivity contribution in [2.75, 3.05) is 36.6 Å². The maximum absolute atomic E-state index is 13.8. The number of para-hydroxylation sites is 1. The monoisotopic (exact) mass is 500 g/mol. The van der Waals surface area contributed by atoms with Crippen LogP contribution in [-0.4, -0.2) is 41.3 Å². The predicted molar refractivity (Wildman–Crippen MR) is 137 cm³/mol. The highest BCUT2D eigenvalue weighted by molar-refractivity contribution is 7.98. The first-order valence-electron chi connectivity index (χ1n) is 10.5. The van der Waals surface area contributed by atoms with Gasteiger partial charge in [0.2, 0.25) is 5.91 Å². The predicted octanol–water partition coefficient (Wildman–Crippen LogP) is 4.88. The normalized spacial score (nSPS) is 11.1. The van der Waals surface area contributed by atoms with E-state index in [1.807, 2.05) is 44.4 Å². The van der Waals surface area contributed by atoms with E-state index in [4.69, 9.17) is 9.47 Å². The molecule has 0 bridgehead atoms. The summed E-state index contributed by atoms with van der Waals surface area (Å²) < 4.78 is 39.2. The van der Waals surface area contributed by atoms with Crippen LogP contribution in [0.15, 0.2) is 70.5 Å². The van der Waals surface area contributed by atoms with E-state index in [0.29, 0.717) is 17.1 Å². The number of methoxy groups -OCH3 is 2. The van der Waals surface area contributed by atoms with E-state index in [-0.39, 0.29) is 10.6 Å². The standard InChI is InChI=1S/C25H28N2O5S2/c1-17-12-18(2)14-19(13-17)27(16-25(28)26-21-8-6-7-9-24(21)33-5)34(29,30)20-10-11-22(31-3)23(15-20)32-4/h6-15H,16H2,1-5H3,(H,26,28). The molecule has 0 saturated heterocycles. The lowest BCUT2D eigenvalue weighted by molar-refractivity contribution is -0.114. The number of amides is 1. The second kappa shape index (κ2) is 10.8. The SMILES string of the molecule is COc1ccc(S(=O)(=O)N(CC(=O)Nc2ccccc2SC)c2cc(C)cc(C)c2)cc1OC. The first-order chi connectivity index (χ1) is 16.2. The highest BCUT2D eigenvalue weighted by Gasteiger charge is 2.29. The second-order valence-corrected chi connectivity index (χ2v) is 10.3. The van der Waals surface area contributed by atoms with Crippen LogP contribution in [0.1, 0.15) is 11.1 Å². The summed E-state index contributed by atoms with van der Waals surface area (Å²) in [7, 11) is -1.20. The van der Waals surface area contributed by atoms with Gasteiger partial charge in [-0.1, -0.05) is 18.2 Å². The Bertz CT molecular complexity index is 1270. The van der Waals surface area contributed by atoms with E-state index < -0.39 is 22.5 Å². The van der Waals surface area contributed by atoms with Crippen molar-refractivity contribution in [3.8, 4) is 11.5 Å². The number of thioether (sulfide) groups is 1. The summed E-state index contributed by atoms with van der Waals surface area (Å²) in [4.78, 5) is 13.9. The molecule has 180 valence electrons. The van der Waals surface area contributed by atoms with Crippen LogP contribution in [0, 0.1) is 13.8 Å². The summed E-state index contributed by atoms with van der Waals surface area (Å²) in [6.45, 7) is 3.36. The minimum atomic E-state index is -4.12. The Kier molecular flexibility index (Phi) is 8.11. The molecular weight excluding hydrogens is 472 g/mol. The average molecular weight is 501 g/mol. The van der Waals surface area contributed by atoms with E-state index in [1.54, 1.807) is 18.2 Å². The Morgan fingerprint density at radius 3 is 2.21 bits per heavy atom. The fourth-order valence-corrected chi connectivity index (χ4v) is 5.56. The lowest BCUT2D eigenvalue weighted by atomic mass is 10.1. The molecule has 9 heteroatoms. The molecule has 3 aromatic carbocycles. The summed E-state index contributed by atoms with van der Waals surface area (Å²) in [5, 5.41) is 2.84. The zero-order valence-electron chi connectivity index (χ0n) is 19.8. The largest absolute Gasteiger partial charge is 0.493 e. The first kappa shape index (κ1) is 25.5. The number of anilines is 2. The van der Waals surface area contributed by atoms with Gasteiger partial charge in [-0.25, -0.2) is 8.42 Å². The lowest BCUT2D eigenvalue weighted by Gasteiger charge is -2.25. The molecule has 0 heterocycles. The molecule has 0 aliphatic heterocycles. The van der Waals surface area contributed by atoms with Crippen molar-refractivity contribution in [2.45, 2.75) is 23.6 Å². The fourth-order valence-electron chi connectivity index (χ4n) is 3.58. The van der Waals surface area contributed by atoms with Crippen LogP contribution in [0.4, 0.5) is 11.4 Å². The van der Waals surface area contributed by atoms with Crippen LogP contribution < -0.4 is 19.1 Å². The van der Waals surface area contributed by atoms with Crippen LogP contribution in [0.5, 0.6) is 11.5 Å². The summed E-state index contributed by atoms with van der Waals surface area (Å²) in [6.07, 6.45) is 1.91. The van der Waals surface area contributed by atoms with Gasteiger partial charge >= 0.3 is 0 Å². The van der Waals surface area contributed by atoms with E-state index in [2.05, 4.69) is 5.32 Å². The number of hydrogen-bond acceptors (Lipinski definition) is 6. The van der Waals surface area contributed by atoms with Gasteiger partial charge in [0.1, 0.15) is 6.54 Å². The van der Waals surface area contributed by atoms with Gasteiger partial charge in [-0.15, -0.1) is 11.8 Å². The molecule has 7 nitrogen and oxygen atoms in total. The third-order valence-corrected chi connectivity index (χ3v) is 7.67. The molecule has 0 spiro atoms. The molecule has 0 radical (unpaired) electrons. The molecule has 3 aromatic rings. The third kappa shape index (κ3) is 5.66. The first-order valence-corrected chi connectivity index (χ1v) is 13.1. The molecule has 1 N–H and O–H groups in total. The molecular formula is C25H28N2O5S2. The number of nitrogens with zero attached hydrogens (tertiary/aromatic N) is 1. The number of carbonyl (C=O) groups is 1. The van der Waals surface area contributed by atoms with E-state index in [9.17, 15) is 13.2 Å². The zero-order valence-corrected chi connectivity index (χ0v) is 21.4. The molecule has 34 heavy (non-hydrogen) atoms. The number of benzene rings is 3. The molecule has 0 fully saturated rings. The Morgan fingerprint density at radius 2 is 1.59 bits per heavy atom. The number of ether oxygens (including phenoxy) is 2. The minimum Gasteiger partial charge on any atom is -0.493 e. The number of sulfonamides is 1. The summed E-state index contributed by atoms with van der Waals surface area (Å²) in [5.41, 5.74) is 2.80. The molecule has 0 aromatic heterocycles. The number of rotatable bonds is 9. The summed E-state index contributed by atoms with van der Waals surface area (Å²) >= 11 is 1.49. The van der Waals surface area contributed by atoms with Gasteiger partial charge in [-0.05, 0) is 67.6 Å². The Morgan fingerprint density at radius 1 is 0.941 bits per heavy atom. The number of nitrogens with one attached hydrogen (secondary N) is 1. The fraction of sp³-hybridized carbons (Fsp3) is 0.240. The van der Waals surface area contributed by atoms with Gasteiger partial charge in [0.05, 0.1) is 30.5 Å². The Hall–Kier alpha value is -3.17. The van der Waals surface area contributed by atoms with Gasteiger partial charge in [-0.3, -0.25) is 9.10 Å². The number of carbonyl (C=O) groups excluding carboxylic acids is 1. The van der Waals surface area contributed by atoms with Crippen LogP contribution in [0.25, 0.3) is 0 Å². The van der Waals surface area contributed by atoms with Crippen LogP contribution in [0.2, 0.25) is 0 Å². The highest BCUT2D eigenvalue weighted by Crippen LogP contribution is 2.33. The van der Waals surface area contributed by atoms with Crippen molar-refractivity contribution in [3.05, 3.63) is 71.8 Å². The van der Waals surface area contributed by atoms with Gasteiger partial charge in [0, 0.05) is 11.0 Å². The molecule has 0 atom stereocenters. The van der Waals surface area contributed by atoms with Crippen molar-refractivity contribution in [3.63, 3.8) is 0 Å². The third-order valence-electron chi connectivity index (χ3n) is 5.11. The Balaban J connectivity index is 2.04.